The molecule has 0 aromatic heterocycles. The maximum Gasteiger partial charge on any atom is 0.134 e. The van der Waals surface area contributed by atoms with Crippen LogP contribution in [0.4, 0.5) is 0 Å². The van der Waals surface area contributed by atoms with E-state index in [1.54, 1.807) is 7.11 Å². The number of hydrogen-bond acceptors (Lipinski definition) is 3. The topological polar surface area (TPSA) is 38.7 Å². The molecule has 0 aliphatic heterocycles. The van der Waals surface area contributed by atoms with Crippen LogP contribution in [0.5, 0.6) is 5.75 Å². The van der Waals surface area contributed by atoms with Gasteiger partial charge in [0.15, 0.2) is 0 Å². The van der Waals surface area contributed by atoms with Crippen LogP contribution in [0.3, 0.4) is 0 Å². The Labute approximate surface area is 127 Å². The van der Waals surface area contributed by atoms with Crippen molar-refractivity contribution in [1.82, 2.24) is 0 Å². The van der Waals surface area contributed by atoms with E-state index < -0.39 is 0 Å². The lowest BCUT2D eigenvalue weighted by molar-refractivity contribution is 0.0168. The Balaban J connectivity index is 1.99. The first kappa shape index (κ1) is 15.9. The van der Waals surface area contributed by atoms with Crippen molar-refractivity contribution in [3.8, 4) is 17.6 Å². The summed E-state index contributed by atoms with van der Waals surface area (Å²) in [6.45, 7) is 0.711. The minimum absolute atomic E-state index is 0.0831. The van der Waals surface area contributed by atoms with Crippen LogP contribution in [0.1, 0.15) is 49.7 Å². The van der Waals surface area contributed by atoms with E-state index in [4.69, 9.17) is 14.6 Å². The monoisotopic (exact) mass is 288 g/mol. The number of aliphatic hydroxyl groups is 1. The highest BCUT2D eigenvalue weighted by atomic mass is 16.5. The van der Waals surface area contributed by atoms with Crippen molar-refractivity contribution in [3.05, 3.63) is 29.3 Å². The van der Waals surface area contributed by atoms with Crippen LogP contribution in [-0.2, 0) is 11.3 Å². The highest BCUT2D eigenvalue weighted by Crippen LogP contribution is 2.23. The second-order valence-electron chi connectivity index (χ2n) is 5.38. The van der Waals surface area contributed by atoms with Gasteiger partial charge in [-0.15, -0.1) is 0 Å². The summed E-state index contributed by atoms with van der Waals surface area (Å²) in [7, 11) is 1.64. The molecule has 0 atom stereocenters. The van der Waals surface area contributed by atoms with Crippen LogP contribution in [0.2, 0.25) is 0 Å². The van der Waals surface area contributed by atoms with Gasteiger partial charge < -0.3 is 14.6 Å². The molecule has 0 unspecified atom stereocenters. The predicted molar refractivity (Wildman–Crippen MR) is 83.2 cm³/mol. The van der Waals surface area contributed by atoms with E-state index in [1.807, 2.05) is 18.2 Å². The molecule has 114 valence electrons. The van der Waals surface area contributed by atoms with Gasteiger partial charge in [0.05, 0.1) is 32.0 Å². The number of benzene rings is 1. The summed E-state index contributed by atoms with van der Waals surface area (Å²) in [6, 6.07) is 5.98. The number of aliphatic hydroxyl groups excluding tert-OH is 1. The average molecular weight is 288 g/mol. The number of rotatable bonds is 5. The van der Waals surface area contributed by atoms with Gasteiger partial charge in [-0.25, -0.2) is 0 Å². The normalized spacial score (nSPS) is 15.3. The van der Waals surface area contributed by atoms with Crippen LogP contribution >= 0.6 is 0 Å². The fraction of sp³-hybridized carbons (Fsp3) is 0.556. The van der Waals surface area contributed by atoms with E-state index >= 15 is 0 Å². The molecule has 21 heavy (non-hydrogen) atoms. The van der Waals surface area contributed by atoms with E-state index in [0.29, 0.717) is 19.1 Å². The van der Waals surface area contributed by atoms with Crippen LogP contribution in [0.15, 0.2) is 18.2 Å². The van der Waals surface area contributed by atoms with Crippen LogP contribution < -0.4 is 4.74 Å². The third-order valence-electron chi connectivity index (χ3n) is 3.76. The summed E-state index contributed by atoms with van der Waals surface area (Å²) in [6.07, 6.45) is 7.15. The van der Waals surface area contributed by atoms with Gasteiger partial charge in [0.25, 0.3) is 0 Å². The van der Waals surface area contributed by atoms with Gasteiger partial charge in [-0.05, 0) is 30.5 Å². The molecule has 0 radical (unpaired) electrons. The molecule has 0 spiro atoms. The smallest absolute Gasteiger partial charge is 0.134 e. The Morgan fingerprint density at radius 3 is 2.76 bits per heavy atom. The van der Waals surface area contributed by atoms with Crippen molar-refractivity contribution in [3.63, 3.8) is 0 Å². The zero-order valence-corrected chi connectivity index (χ0v) is 12.7. The van der Waals surface area contributed by atoms with Gasteiger partial charge >= 0.3 is 0 Å². The molecule has 3 heteroatoms. The second-order valence-corrected chi connectivity index (χ2v) is 5.38. The van der Waals surface area contributed by atoms with Gasteiger partial charge in [0, 0.05) is 6.42 Å². The van der Waals surface area contributed by atoms with Crippen molar-refractivity contribution in [2.45, 2.75) is 51.2 Å². The van der Waals surface area contributed by atoms with Crippen molar-refractivity contribution >= 4 is 0 Å². The molecule has 0 bridgehead atoms. The average Bonchev–Trinajstić information content (AvgIpc) is 2.54. The molecule has 0 heterocycles. The van der Waals surface area contributed by atoms with Gasteiger partial charge in [-0.3, -0.25) is 0 Å². The molecular formula is C18H24O3. The van der Waals surface area contributed by atoms with Crippen LogP contribution in [0.25, 0.3) is 0 Å². The quantitative estimate of drug-likeness (QED) is 0.845. The molecule has 1 aliphatic rings. The van der Waals surface area contributed by atoms with Gasteiger partial charge in [0.1, 0.15) is 5.75 Å². The molecule has 1 saturated carbocycles. The zero-order valence-electron chi connectivity index (χ0n) is 12.7. The lowest BCUT2D eigenvalue weighted by atomic mass is 9.98. The Kier molecular flexibility index (Phi) is 6.59. The third-order valence-corrected chi connectivity index (χ3v) is 3.76. The largest absolute Gasteiger partial charge is 0.495 e. The first-order valence-corrected chi connectivity index (χ1v) is 7.71. The first-order valence-electron chi connectivity index (χ1n) is 7.71. The highest BCUT2D eigenvalue weighted by molar-refractivity contribution is 5.48. The van der Waals surface area contributed by atoms with E-state index in [2.05, 4.69) is 11.8 Å². The lowest BCUT2D eigenvalue weighted by Crippen LogP contribution is -2.16. The summed E-state index contributed by atoms with van der Waals surface area (Å²) in [5, 5.41) is 8.80. The van der Waals surface area contributed by atoms with E-state index in [0.717, 1.165) is 16.9 Å². The minimum atomic E-state index is 0.0831. The Morgan fingerprint density at radius 1 is 1.24 bits per heavy atom. The van der Waals surface area contributed by atoms with Crippen molar-refractivity contribution < 1.29 is 14.6 Å². The Morgan fingerprint density at radius 2 is 2.05 bits per heavy atom. The molecule has 1 aromatic carbocycles. The SMILES string of the molecule is COc1ccc(COC2CCCCC2)cc1C#CCCO. The molecule has 1 N–H and O–H groups in total. The fourth-order valence-corrected chi connectivity index (χ4v) is 2.60. The second kappa shape index (κ2) is 8.71. The zero-order chi connectivity index (χ0) is 14.9. The molecule has 1 aromatic rings. The summed E-state index contributed by atoms with van der Waals surface area (Å²) in [5.41, 5.74) is 1.98. The van der Waals surface area contributed by atoms with E-state index in [-0.39, 0.29) is 6.61 Å². The van der Waals surface area contributed by atoms with Gasteiger partial charge in [-0.2, -0.15) is 0 Å². The minimum Gasteiger partial charge on any atom is -0.495 e. The summed E-state index contributed by atoms with van der Waals surface area (Å²) in [5.74, 6) is 6.76. The lowest BCUT2D eigenvalue weighted by Gasteiger charge is -2.22. The molecule has 0 saturated heterocycles. The molecule has 1 aliphatic carbocycles. The number of hydrogen-bond donors (Lipinski definition) is 1. The standard InChI is InChI=1S/C18H24O3/c1-20-18-11-10-15(13-16(18)7-5-6-12-19)14-21-17-8-3-2-4-9-17/h10-11,13,17,19H,2-4,6,8-9,12,14H2,1H3. The number of ether oxygens (including phenoxy) is 2. The van der Waals surface area contributed by atoms with Gasteiger partial charge in [0.2, 0.25) is 0 Å². The summed E-state index contributed by atoms with van der Waals surface area (Å²) < 4.78 is 11.3. The Hall–Kier alpha value is -1.50. The fourth-order valence-electron chi connectivity index (χ4n) is 2.60. The molecule has 2 rings (SSSR count). The van der Waals surface area contributed by atoms with Crippen molar-refractivity contribution in [2.24, 2.45) is 0 Å². The summed E-state index contributed by atoms with van der Waals surface area (Å²) >= 11 is 0. The van der Waals surface area contributed by atoms with Crippen molar-refractivity contribution in [1.29, 1.82) is 0 Å². The van der Waals surface area contributed by atoms with E-state index in [1.165, 1.54) is 32.1 Å². The van der Waals surface area contributed by atoms with Crippen LogP contribution in [-0.4, -0.2) is 24.9 Å². The predicted octanol–water partition coefficient (Wildman–Crippen LogP) is 3.28. The first-order chi connectivity index (χ1) is 10.3. The number of methoxy groups -OCH3 is 1. The molecule has 1 fully saturated rings. The Bertz CT molecular complexity index is 493. The van der Waals surface area contributed by atoms with E-state index in [9.17, 15) is 0 Å². The molecular weight excluding hydrogens is 264 g/mol. The maximum absolute atomic E-state index is 8.80. The van der Waals surface area contributed by atoms with Crippen molar-refractivity contribution in [2.75, 3.05) is 13.7 Å². The molecule has 0 amide bonds. The molecule has 3 nitrogen and oxygen atoms in total. The van der Waals surface area contributed by atoms with Gasteiger partial charge in [-0.1, -0.05) is 37.2 Å². The third kappa shape index (κ3) is 5.08. The summed E-state index contributed by atoms with van der Waals surface area (Å²) in [4.78, 5) is 0. The maximum atomic E-state index is 8.80. The van der Waals surface area contributed by atoms with Crippen LogP contribution in [0, 0.1) is 11.8 Å². The highest BCUT2D eigenvalue weighted by Gasteiger charge is 2.13.